The van der Waals surface area contributed by atoms with E-state index in [0.29, 0.717) is 0 Å². The molecule has 5 nitrogen and oxygen atoms in total. The van der Waals surface area contributed by atoms with Crippen molar-refractivity contribution in [3.05, 3.63) is 29.6 Å². The van der Waals surface area contributed by atoms with Crippen LogP contribution >= 0.6 is 0 Å². The largest absolute Gasteiger partial charge is 0.369 e. The zero-order valence-corrected chi connectivity index (χ0v) is 15.9. The van der Waals surface area contributed by atoms with Crippen molar-refractivity contribution in [1.29, 1.82) is 0 Å². The number of anilines is 1. The van der Waals surface area contributed by atoms with E-state index in [-0.39, 0.29) is 23.8 Å². The highest BCUT2D eigenvalue weighted by Crippen LogP contribution is 2.28. The number of benzene rings is 1. The fourth-order valence-electron chi connectivity index (χ4n) is 3.93. The maximum absolute atomic E-state index is 13.9. The molecule has 0 saturated carbocycles. The third-order valence-electron chi connectivity index (χ3n) is 5.60. The van der Waals surface area contributed by atoms with Gasteiger partial charge in [0.25, 0.3) is 0 Å². The predicted octanol–water partition coefficient (Wildman–Crippen LogP) is 2.29. The van der Waals surface area contributed by atoms with Gasteiger partial charge >= 0.3 is 0 Å². The van der Waals surface area contributed by atoms with Gasteiger partial charge in [0.1, 0.15) is 5.82 Å². The molecule has 0 radical (unpaired) electrons. The number of hydrogen-bond donors (Lipinski definition) is 2. The van der Waals surface area contributed by atoms with Gasteiger partial charge in [-0.15, -0.1) is 0 Å². The minimum atomic E-state index is -0.257. The molecular weight excluding hydrogens is 331 g/mol. The maximum Gasteiger partial charge on any atom is 0.237 e. The van der Waals surface area contributed by atoms with E-state index in [0.717, 1.165) is 69.8 Å². The standard InChI is InChI=1S/C20H31FN4O/c1-3-24-10-12-25(13-11-24)19-8-7-16(21)14-17(19)15(2)23-20(26)18-6-4-5-9-22-18/h7-8,14-15,18,22H,3-6,9-13H2,1-2H3,(H,23,26)/t15?,18-/m1/s1. The maximum atomic E-state index is 13.9. The summed E-state index contributed by atoms with van der Waals surface area (Å²) in [5.74, 6) is -0.240. The zero-order chi connectivity index (χ0) is 18.5. The second-order valence-electron chi connectivity index (χ2n) is 7.36. The van der Waals surface area contributed by atoms with Crippen molar-refractivity contribution in [3.8, 4) is 0 Å². The molecule has 2 aliphatic heterocycles. The third kappa shape index (κ3) is 4.54. The highest BCUT2D eigenvalue weighted by molar-refractivity contribution is 5.82. The second kappa shape index (κ2) is 8.82. The van der Waals surface area contributed by atoms with Crippen LogP contribution in [0.1, 0.15) is 44.7 Å². The summed E-state index contributed by atoms with van der Waals surface area (Å²) < 4.78 is 13.9. The number of halogens is 1. The molecule has 0 aromatic heterocycles. The SMILES string of the molecule is CCN1CCN(c2ccc(F)cc2C(C)NC(=O)[C@H]2CCCCN2)CC1. The number of nitrogens with one attached hydrogen (secondary N) is 2. The Balaban J connectivity index is 1.71. The van der Waals surface area contributed by atoms with Gasteiger partial charge in [-0.3, -0.25) is 4.79 Å². The second-order valence-corrected chi connectivity index (χ2v) is 7.36. The van der Waals surface area contributed by atoms with E-state index in [2.05, 4.69) is 27.4 Å². The first-order chi connectivity index (χ1) is 12.6. The van der Waals surface area contributed by atoms with Gasteiger partial charge in [0.15, 0.2) is 0 Å². The van der Waals surface area contributed by atoms with Crippen molar-refractivity contribution in [2.24, 2.45) is 0 Å². The van der Waals surface area contributed by atoms with Crippen LogP contribution in [-0.2, 0) is 4.79 Å². The minimum absolute atomic E-state index is 0.0169. The summed E-state index contributed by atoms with van der Waals surface area (Å²) in [4.78, 5) is 17.3. The number of amides is 1. The zero-order valence-electron chi connectivity index (χ0n) is 15.9. The van der Waals surface area contributed by atoms with Crippen LogP contribution in [-0.4, -0.2) is 56.1 Å². The lowest BCUT2D eigenvalue weighted by molar-refractivity contribution is -0.124. The molecule has 1 aromatic rings. The smallest absolute Gasteiger partial charge is 0.237 e. The lowest BCUT2D eigenvalue weighted by atomic mass is 10.0. The van der Waals surface area contributed by atoms with E-state index < -0.39 is 0 Å². The molecule has 2 atom stereocenters. The summed E-state index contributed by atoms with van der Waals surface area (Å²) in [5, 5.41) is 6.36. The van der Waals surface area contributed by atoms with Crippen LogP contribution in [0, 0.1) is 5.82 Å². The van der Waals surface area contributed by atoms with Gasteiger partial charge in [-0.2, -0.15) is 0 Å². The van der Waals surface area contributed by atoms with Crippen molar-refractivity contribution < 1.29 is 9.18 Å². The number of piperidine rings is 1. The van der Waals surface area contributed by atoms with E-state index in [1.54, 1.807) is 6.07 Å². The van der Waals surface area contributed by atoms with Crippen LogP contribution in [0.3, 0.4) is 0 Å². The Kier molecular flexibility index (Phi) is 6.48. The minimum Gasteiger partial charge on any atom is -0.369 e. The van der Waals surface area contributed by atoms with Crippen molar-refractivity contribution in [3.63, 3.8) is 0 Å². The number of carbonyl (C=O) groups is 1. The number of likely N-dealkylation sites (N-methyl/N-ethyl adjacent to an activating group) is 1. The Morgan fingerprint density at radius 2 is 2.08 bits per heavy atom. The Morgan fingerprint density at radius 1 is 1.31 bits per heavy atom. The molecular formula is C20H31FN4O. The van der Waals surface area contributed by atoms with Crippen molar-refractivity contribution >= 4 is 11.6 Å². The van der Waals surface area contributed by atoms with Gasteiger partial charge in [0.2, 0.25) is 5.91 Å². The Hall–Kier alpha value is -1.66. The molecule has 3 rings (SSSR count). The van der Waals surface area contributed by atoms with Crippen molar-refractivity contribution in [2.75, 3.05) is 44.2 Å². The number of nitrogens with zero attached hydrogens (tertiary/aromatic N) is 2. The summed E-state index contributed by atoms with van der Waals surface area (Å²) >= 11 is 0. The van der Waals surface area contributed by atoms with Crippen LogP contribution in [0.4, 0.5) is 10.1 Å². The van der Waals surface area contributed by atoms with Gasteiger partial charge in [-0.1, -0.05) is 13.3 Å². The molecule has 0 spiro atoms. The predicted molar refractivity (Wildman–Crippen MR) is 103 cm³/mol. The van der Waals surface area contributed by atoms with E-state index in [1.807, 2.05) is 13.0 Å². The first-order valence-corrected chi connectivity index (χ1v) is 9.89. The lowest BCUT2D eigenvalue weighted by Crippen LogP contribution is -2.48. The monoisotopic (exact) mass is 362 g/mol. The average Bonchev–Trinajstić information content (AvgIpc) is 2.68. The van der Waals surface area contributed by atoms with Gasteiger partial charge in [0, 0.05) is 37.4 Å². The Bertz CT molecular complexity index is 610. The third-order valence-corrected chi connectivity index (χ3v) is 5.60. The Morgan fingerprint density at radius 3 is 2.73 bits per heavy atom. The molecule has 144 valence electrons. The number of carbonyl (C=O) groups excluding carboxylic acids is 1. The van der Waals surface area contributed by atoms with Crippen LogP contribution in [0.5, 0.6) is 0 Å². The van der Waals surface area contributed by atoms with Crippen LogP contribution < -0.4 is 15.5 Å². The van der Waals surface area contributed by atoms with Gasteiger partial charge < -0.3 is 20.4 Å². The summed E-state index contributed by atoms with van der Waals surface area (Å²) in [5.41, 5.74) is 1.89. The van der Waals surface area contributed by atoms with Crippen LogP contribution in [0.25, 0.3) is 0 Å². The first-order valence-electron chi connectivity index (χ1n) is 9.89. The fourth-order valence-corrected chi connectivity index (χ4v) is 3.93. The molecule has 1 amide bonds. The number of hydrogen-bond acceptors (Lipinski definition) is 4. The fraction of sp³-hybridized carbons (Fsp3) is 0.650. The molecule has 2 N–H and O–H groups in total. The average molecular weight is 362 g/mol. The lowest BCUT2D eigenvalue weighted by Gasteiger charge is -2.37. The molecule has 26 heavy (non-hydrogen) atoms. The highest BCUT2D eigenvalue weighted by Gasteiger charge is 2.25. The Labute approximate surface area is 155 Å². The van der Waals surface area contributed by atoms with Crippen molar-refractivity contribution in [1.82, 2.24) is 15.5 Å². The van der Waals surface area contributed by atoms with Gasteiger partial charge in [0.05, 0.1) is 12.1 Å². The molecule has 2 saturated heterocycles. The summed E-state index contributed by atoms with van der Waals surface area (Å²) in [6.45, 7) is 9.95. The molecule has 6 heteroatoms. The van der Waals surface area contributed by atoms with Gasteiger partial charge in [-0.05, 0) is 51.1 Å². The van der Waals surface area contributed by atoms with E-state index in [1.165, 1.54) is 6.07 Å². The molecule has 1 aromatic carbocycles. The van der Waals surface area contributed by atoms with Crippen LogP contribution in [0.15, 0.2) is 18.2 Å². The molecule has 2 heterocycles. The van der Waals surface area contributed by atoms with Crippen molar-refractivity contribution in [2.45, 2.75) is 45.2 Å². The summed E-state index contributed by atoms with van der Waals surface area (Å²) in [6, 6.07) is 4.59. The molecule has 0 bridgehead atoms. The molecule has 0 aliphatic carbocycles. The first kappa shape index (κ1) is 19.1. The highest BCUT2D eigenvalue weighted by atomic mass is 19.1. The van der Waals surface area contributed by atoms with Gasteiger partial charge in [-0.25, -0.2) is 4.39 Å². The van der Waals surface area contributed by atoms with E-state index in [9.17, 15) is 9.18 Å². The molecule has 1 unspecified atom stereocenters. The van der Waals surface area contributed by atoms with E-state index in [4.69, 9.17) is 0 Å². The topological polar surface area (TPSA) is 47.6 Å². The quantitative estimate of drug-likeness (QED) is 0.844. The molecule has 2 aliphatic rings. The molecule has 2 fully saturated rings. The number of piperazine rings is 1. The van der Waals surface area contributed by atoms with Crippen LogP contribution in [0.2, 0.25) is 0 Å². The summed E-state index contributed by atoms with van der Waals surface area (Å²) in [6.07, 6.45) is 3.07. The normalized spacial score (nSPS) is 22.9. The summed E-state index contributed by atoms with van der Waals surface area (Å²) in [7, 11) is 0. The van der Waals surface area contributed by atoms with E-state index >= 15 is 0 Å². The number of rotatable bonds is 5.